The Kier molecular flexibility index (Phi) is 2.22. The third-order valence-corrected chi connectivity index (χ3v) is 0.407. The van der Waals surface area contributed by atoms with Crippen molar-refractivity contribution in [2.45, 2.75) is 6.92 Å². The van der Waals surface area contributed by atoms with Crippen molar-refractivity contribution in [1.29, 1.82) is 0 Å². The van der Waals surface area contributed by atoms with Gasteiger partial charge in [-0.15, -0.1) is 0 Å². The van der Waals surface area contributed by atoms with Crippen LogP contribution in [0.5, 0.6) is 0 Å². The van der Waals surface area contributed by atoms with E-state index in [0.717, 1.165) is 0 Å². The number of allylic oxidation sites excluding steroid dienone is 1. The predicted octanol–water partition coefficient (Wildman–Crippen LogP) is -0.388. The number of nitrogens with zero attached hydrogens (tertiary/aromatic N) is 1. The lowest BCUT2D eigenvalue weighted by atomic mass is 10.6. The summed E-state index contributed by atoms with van der Waals surface area (Å²) in [7, 11) is 1.72. The third-order valence-electron chi connectivity index (χ3n) is 0.407. The van der Waals surface area contributed by atoms with E-state index in [1.165, 1.54) is 5.01 Å². The van der Waals surface area contributed by atoms with Crippen LogP contribution in [-0.4, -0.2) is 12.1 Å². The smallest absolute Gasteiger partial charge is 0.0336 e. The van der Waals surface area contributed by atoms with Crippen molar-refractivity contribution in [3.05, 3.63) is 11.9 Å². The molecule has 0 saturated heterocycles. The van der Waals surface area contributed by atoms with Crippen molar-refractivity contribution in [2.24, 2.45) is 11.6 Å². The molecule has 0 aromatic rings. The van der Waals surface area contributed by atoms with E-state index in [-0.39, 0.29) is 0 Å². The second-order valence-corrected chi connectivity index (χ2v) is 1.54. The SMILES string of the molecule is C/C(N)=C/N(C)N. The second-order valence-electron chi connectivity index (χ2n) is 1.54. The van der Waals surface area contributed by atoms with Gasteiger partial charge in [-0.1, -0.05) is 0 Å². The molecule has 0 rings (SSSR count). The van der Waals surface area contributed by atoms with Crippen LogP contribution < -0.4 is 11.6 Å². The van der Waals surface area contributed by atoms with Crippen LogP contribution in [-0.2, 0) is 0 Å². The molecule has 42 valence electrons. The van der Waals surface area contributed by atoms with Crippen LogP contribution in [0.4, 0.5) is 0 Å². The summed E-state index contributed by atoms with van der Waals surface area (Å²) in [6.07, 6.45) is 1.64. The Morgan fingerprint density at radius 1 is 1.71 bits per heavy atom. The molecule has 0 atom stereocenters. The maximum Gasteiger partial charge on any atom is 0.0336 e. The molecule has 0 aliphatic rings. The van der Waals surface area contributed by atoms with Crippen LogP contribution in [0.15, 0.2) is 11.9 Å². The van der Waals surface area contributed by atoms with Gasteiger partial charge in [0, 0.05) is 18.9 Å². The molecule has 0 saturated carbocycles. The monoisotopic (exact) mass is 101 g/mol. The molecule has 0 aliphatic heterocycles. The fourth-order valence-electron chi connectivity index (χ4n) is 0.321. The number of hydrazine groups is 1. The summed E-state index contributed by atoms with van der Waals surface area (Å²) >= 11 is 0. The highest BCUT2D eigenvalue weighted by Gasteiger charge is 1.76. The molecule has 0 spiro atoms. The summed E-state index contributed by atoms with van der Waals surface area (Å²) in [5.74, 6) is 5.17. The molecule has 3 nitrogen and oxygen atoms in total. The molecule has 4 N–H and O–H groups in total. The van der Waals surface area contributed by atoms with Gasteiger partial charge in [-0.05, 0) is 6.92 Å². The molecule has 0 bridgehead atoms. The van der Waals surface area contributed by atoms with Crippen molar-refractivity contribution in [3.8, 4) is 0 Å². The average molecular weight is 101 g/mol. The maximum absolute atomic E-state index is 5.23. The van der Waals surface area contributed by atoms with E-state index >= 15 is 0 Å². The predicted molar refractivity (Wildman–Crippen MR) is 29.9 cm³/mol. The zero-order valence-corrected chi connectivity index (χ0v) is 4.68. The topological polar surface area (TPSA) is 55.3 Å². The van der Waals surface area contributed by atoms with Crippen LogP contribution in [0.1, 0.15) is 6.92 Å². The van der Waals surface area contributed by atoms with E-state index in [0.29, 0.717) is 5.70 Å². The first-order valence-electron chi connectivity index (χ1n) is 2.04. The minimum absolute atomic E-state index is 0.713. The Hall–Kier alpha value is -0.700. The van der Waals surface area contributed by atoms with Crippen LogP contribution in [0.3, 0.4) is 0 Å². The number of nitrogens with two attached hydrogens (primary N) is 2. The Balaban J connectivity index is 3.45. The van der Waals surface area contributed by atoms with Gasteiger partial charge in [-0.2, -0.15) is 0 Å². The molecular weight excluding hydrogens is 90.1 g/mol. The van der Waals surface area contributed by atoms with Crippen LogP contribution in [0.2, 0.25) is 0 Å². The van der Waals surface area contributed by atoms with Gasteiger partial charge in [0.05, 0.1) is 0 Å². The zero-order valence-electron chi connectivity index (χ0n) is 4.68. The fourth-order valence-corrected chi connectivity index (χ4v) is 0.321. The van der Waals surface area contributed by atoms with Crippen LogP contribution in [0, 0.1) is 0 Å². The van der Waals surface area contributed by atoms with Crippen LogP contribution >= 0.6 is 0 Å². The lowest BCUT2D eigenvalue weighted by Crippen LogP contribution is -2.20. The molecule has 0 aromatic heterocycles. The molecule has 0 radical (unpaired) electrons. The molecule has 0 unspecified atom stereocenters. The highest BCUT2D eigenvalue weighted by molar-refractivity contribution is 4.88. The summed E-state index contributed by atoms with van der Waals surface area (Å²) in [4.78, 5) is 0. The Bertz CT molecular complexity index is 71.0. The average Bonchev–Trinajstić information content (AvgIpc) is 1.27. The first-order chi connectivity index (χ1) is 3.13. The van der Waals surface area contributed by atoms with Gasteiger partial charge < -0.3 is 10.7 Å². The zero-order chi connectivity index (χ0) is 5.86. The summed E-state index contributed by atoms with van der Waals surface area (Å²) < 4.78 is 0. The molecule has 0 heterocycles. The molecule has 7 heavy (non-hydrogen) atoms. The van der Waals surface area contributed by atoms with Crippen molar-refractivity contribution in [1.82, 2.24) is 5.01 Å². The number of rotatable bonds is 1. The summed E-state index contributed by atoms with van der Waals surface area (Å²) in [6.45, 7) is 1.78. The lowest BCUT2D eigenvalue weighted by Gasteiger charge is -2.03. The molecular formula is C4H11N3. The summed E-state index contributed by atoms with van der Waals surface area (Å²) in [5, 5.41) is 1.41. The summed E-state index contributed by atoms with van der Waals surface area (Å²) in [5.41, 5.74) is 5.95. The van der Waals surface area contributed by atoms with Gasteiger partial charge in [0.1, 0.15) is 0 Å². The van der Waals surface area contributed by atoms with E-state index < -0.39 is 0 Å². The van der Waals surface area contributed by atoms with Crippen molar-refractivity contribution in [3.63, 3.8) is 0 Å². The molecule has 0 aromatic carbocycles. The normalized spacial score (nSPS) is 11.6. The molecule has 0 fully saturated rings. The molecule has 0 aliphatic carbocycles. The second kappa shape index (κ2) is 2.47. The highest BCUT2D eigenvalue weighted by atomic mass is 15.4. The molecule has 0 amide bonds. The van der Waals surface area contributed by atoms with E-state index in [1.54, 1.807) is 20.2 Å². The van der Waals surface area contributed by atoms with Gasteiger partial charge in [0.15, 0.2) is 0 Å². The third kappa shape index (κ3) is 5.30. The fraction of sp³-hybridized carbons (Fsp3) is 0.500. The van der Waals surface area contributed by atoms with E-state index in [1.807, 2.05) is 0 Å². The minimum atomic E-state index is 0.713. The Morgan fingerprint density at radius 2 is 2.14 bits per heavy atom. The van der Waals surface area contributed by atoms with Gasteiger partial charge >= 0.3 is 0 Å². The standard InChI is InChI=1S/C4H11N3/c1-4(5)3-7(2)6/h3H,5-6H2,1-2H3/b4-3-. The number of hydrogen-bond donors (Lipinski definition) is 2. The first kappa shape index (κ1) is 6.30. The van der Waals surface area contributed by atoms with Gasteiger partial charge in [-0.3, -0.25) is 0 Å². The quantitative estimate of drug-likeness (QED) is 0.349. The lowest BCUT2D eigenvalue weighted by molar-refractivity contribution is 0.480. The Labute approximate surface area is 43.6 Å². The van der Waals surface area contributed by atoms with E-state index in [2.05, 4.69) is 0 Å². The highest BCUT2D eigenvalue weighted by Crippen LogP contribution is 1.77. The summed E-state index contributed by atoms with van der Waals surface area (Å²) in [6, 6.07) is 0. The van der Waals surface area contributed by atoms with E-state index in [4.69, 9.17) is 11.6 Å². The molecule has 3 heteroatoms. The van der Waals surface area contributed by atoms with Gasteiger partial charge in [0.2, 0.25) is 0 Å². The first-order valence-corrected chi connectivity index (χ1v) is 2.04. The minimum Gasteiger partial charge on any atom is -0.401 e. The van der Waals surface area contributed by atoms with Gasteiger partial charge in [-0.25, -0.2) is 5.84 Å². The Morgan fingerprint density at radius 3 is 2.14 bits per heavy atom. The van der Waals surface area contributed by atoms with Crippen molar-refractivity contribution >= 4 is 0 Å². The maximum atomic E-state index is 5.23. The van der Waals surface area contributed by atoms with Gasteiger partial charge in [0.25, 0.3) is 0 Å². The largest absolute Gasteiger partial charge is 0.401 e. The van der Waals surface area contributed by atoms with Crippen molar-refractivity contribution in [2.75, 3.05) is 7.05 Å². The van der Waals surface area contributed by atoms with Crippen molar-refractivity contribution < 1.29 is 0 Å². The van der Waals surface area contributed by atoms with E-state index in [9.17, 15) is 0 Å². The number of hydrogen-bond acceptors (Lipinski definition) is 3. The van der Waals surface area contributed by atoms with Crippen LogP contribution in [0.25, 0.3) is 0 Å².